The lowest BCUT2D eigenvalue weighted by molar-refractivity contribution is -0.486. The van der Waals surface area contributed by atoms with Gasteiger partial charge in [-0.1, -0.05) is 46.8 Å². The topological polar surface area (TPSA) is 137 Å². The van der Waals surface area contributed by atoms with Crippen LogP contribution in [0.2, 0.25) is 0 Å². The van der Waals surface area contributed by atoms with Gasteiger partial charge in [0.2, 0.25) is 18.4 Å². The molecule has 0 heterocycles. The van der Waals surface area contributed by atoms with Crippen molar-refractivity contribution in [1.29, 1.82) is 0 Å². The molecule has 1 aromatic carbocycles. The van der Waals surface area contributed by atoms with Gasteiger partial charge < -0.3 is 20.1 Å². The van der Waals surface area contributed by atoms with E-state index in [2.05, 4.69) is 10.6 Å². The van der Waals surface area contributed by atoms with Crippen LogP contribution < -0.4 is 15.4 Å². The lowest BCUT2D eigenvalue weighted by Crippen LogP contribution is -2.58. The second-order valence-corrected chi connectivity index (χ2v) is 9.79. The maximum absolute atomic E-state index is 13.2. The Morgan fingerprint density at radius 3 is 2.06 bits per heavy atom. The van der Waals surface area contributed by atoms with Gasteiger partial charge in [-0.25, -0.2) is 4.79 Å². The molecule has 1 rings (SSSR count). The summed E-state index contributed by atoms with van der Waals surface area (Å²) in [5, 5.41) is 16.4. The summed E-state index contributed by atoms with van der Waals surface area (Å²) in [7, 11) is 2.78. The van der Waals surface area contributed by atoms with E-state index in [-0.39, 0.29) is 12.3 Å². The van der Waals surface area contributed by atoms with Gasteiger partial charge in [-0.05, 0) is 35.4 Å². The van der Waals surface area contributed by atoms with Crippen molar-refractivity contribution in [2.45, 2.75) is 59.5 Å². The van der Waals surface area contributed by atoms with E-state index in [0.29, 0.717) is 12.2 Å². The Bertz CT molecular complexity index is 847. The molecule has 2 N–H and O–H groups in total. The Morgan fingerprint density at radius 1 is 1.03 bits per heavy atom. The smallest absolute Gasteiger partial charge is 0.328 e. The lowest BCUT2D eigenvalue weighted by atomic mass is 9.85. The maximum atomic E-state index is 13.2. The number of nitro groups is 1. The van der Waals surface area contributed by atoms with Crippen LogP contribution in [-0.4, -0.2) is 55.6 Å². The summed E-state index contributed by atoms with van der Waals surface area (Å²) in [6, 6.07) is 5.03. The van der Waals surface area contributed by atoms with Crippen LogP contribution in [0.25, 0.3) is 0 Å². The number of esters is 1. The van der Waals surface area contributed by atoms with Crippen molar-refractivity contribution in [2.75, 3.05) is 20.8 Å². The molecule has 0 radical (unpaired) electrons. The molecule has 0 bridgehead atoms. The van der Waals surface area contributed by atoms with Gasteiger partial charge in [-0.3, -0.25) is 19.7 Å². The van der Waals surface area contributed by atoms with E-state index in [9.17, 15) is 24.5 Å². The monoisotopic (exact) mass is 479 g/mol. The molecule has 0 saturated carbocycles. The fourth-order valence-corrected chi connectivity index (χ4v) is 3.54. The van der Waals surface area contributed by atoms with Gasteiger partial charge >= 0.3 is 5.97 Å². The Hall–Kier alpha value is -3.17. The number of hydrogen-bond acceptors (Lipinski definition) is 7. The summed E-state index contributed by atoms with van der Waals surface area (Å²) in [5.74, 6) is -1.92. The van der Waals surface area contributed by atoms with Gasteiger partial charge in [0.25, 0.3) is 0 Å². The molecule has 10 heteroatoms. The van der Waals surface area contributed by atoms with E-state index in [4.69, 9.17) is 9.47 Å². The summed E-state index contributed by atoms with van der Waals surface area (Å²) in [4.78, 5) is 49.1. The lowest BCUT2D eigenvalue weighted by Gasteiger charge is -2.32. The van der Waals surface area contributed by atoms with Crippen LogP contribution in [0.3, 0.4) is 0 Å². The normalized spacial score (nSPS) is 14.0. The van der Waals surface area contributed by atoms with E-state index in [1.54, 1.807) is 52.1 Å². The molecule has 0 aliphatic rings. The van der Waals surface area contributed by atoms with E-state index < -0.39 is 52.7 Å². The molecule has 3 atom stereocenters. The van der Waals surface area contributed by atoms with Crippen LogP contribution >= 0.6 is 0 Å². The molecular weight excluding hydrogens is 442 g/mol. The summed E-state index contributed by atoms with van der Waals surface area (Å²) in [5.41, 5.74) is 0.0492. The molecule has 34 heavy (non-hydrogen) atoms. The van der Waals surface area contributed by atoms with Crippen molar-refractivity contribution in [1.82, 2.24) is 10.6 Å². The maximum Gasteiger partial charge on any atom is 0.328 e. The Morgan fingerprint density at radius 2 is 1.62 bits per heavy atom. The SMILES string of the molecule is COC(=O)[C@H](Cc1ccc(OC)cc1)NC(=O)[C@@H](NC(=O)[C@H](CC(C)C)C[N+](=O)[O-])C(C)(C)C. The van der Waals surface area contributed by atoms with Gasteiger partial charge in [0.15, 0.2) is 0 Å². The molecule has 0 aliphatic heterocycles. The van der Waals surface area contributed by atoms with Crippen molar-refractivity contribution >= 4 is 17.8 Å². The zero-order valence-electron chi connectivity index (χ0n) is 21.0. The minimum absolute atomic E-state index is 0.0609. The van der Waals surface area contributed by atoms with Gasteiger partial charge in [0.1, 0.15) is 23.8 Å². The predicted molar refractivity (Wildman–Crippen MR) is 127 cm³/mol. The molecule has 10 nitrogen and oxygen atoms in total. The van der Waals surface area contributed by atoms with Gasteiger partial charge in [0.05, 0.1) is 14.2 Å². The summed E-state index contributed by atoms with van der Waals surface area (Å²) < 4.78 is 10.00. The molecule has 0 saturated heterocycles. The van der Waals surface area contributed by atoms with Crippen molar-refractivity contribution in [2.24, 2.45) is 17.3 Å². The average Bonchev–Trinajstić information content (AvgIpc) is 2.74. The number of amides is 2. The van der Waals surface area contributed by atoms with Crippen LogP contribution in [0.5, 0.6) is 5.75 Å². The number of carbonyl (C=O) groups is 3. The Kier molecular flexibility index (Phi) is 11.0. The second-order valence-electron chi connectivity index (χ2n) is 9.79. The first-order valence-electron chi connectivity index (χ1n) is 11.2. The number of ether oxygens (including phenoxy) is 2. The number of benzene rings is 1. The summed E-state index contributed by atoms with van der Waals surface area (Å²) in [6.45, 7) is 8.50. The number of rotatable bonds is 12. The van der Waals surface area contributed by atoms with E-state index >= 15 is 0 Å². The first-order chi connectivity index (χ1) is 15.8. The number of hydrogen-bond donors (Lipinski definition) is 2. The highest BCUT2D eigenvalue weighted by molar-refractivity contribution is 5.92. The molecule has 0 fully saturated rings. The van der Waals surface area contributed by atoms with Crippen LogP contribution in [0, 0.1) is 27.4 Å². The molecule has 0 unspecified atom stereocenters. The van der Waals surface area contributed by atoms with E-state index in [1.165, 1.54) is 7.11 Å². The Labute approximate surface area is 200 Å². The highest BCUT2D eigenvalue weighted by Crippen LogP contribution is 2.22. The van der Waals surface area contributed by atoms with Gasteiger partial charge in [-0.2, -0.15) is 0 Å². The minimum Gasteiger partial charge on any atom is -0.497 e. The number of methoxy groups -OCH3 is 2. The van der Waals surface area contributed by atoms with Gasteiger partial charge in [0, 0.05) is 11.3 Å². The predicted octanol–water partition coefficient (Wildman–Crippen LogP) is 2.37. The van der Waals surface area contributed by atoms with Crippen LogP contribution in [0.4, 0.5) is 0 Å². The summed E-state index contributed by atoms with van der Waals surface area (Å²) >= 11 is 0. The highest BCUT2D eigenvalue weighted by atomic mass is 16.6. The second kappa shape index (κ2) is 12.9. The third-order valence-electron chi connectivity index (χ3n) is 5.31. The number of carbonyl (C=O) groups excluding carboxylic acids is 3. The zero-order valence-corrected chi connectivity index (χ0v) is 21.0. The van der Waals surface area contributed by atoms with E-state index in [1.807, 2.05) is 13.8 Å². The molecule has 0 aliphatic carbocycles. The Balaban J connectivity index is 3.08. The minimum atomic E-state index is -1.02. The van der Waals surface area contributed by atoms with Crippen molar-refractivity contribution < 1.29 is 28.8 Å². The van der Waals surface area contributed by atoms with Crippen molar-refractivity contribution in [3.05, 3.63) is 39.9 Å². The molecular formula is C24H37N3O7. The quantitative estimate of drug-likeness (QED) is 0.267. The fourth-order valence-electron chi connectivity index (χ4n) is 3.54. The van der Waals surface area contributed by atoms with Crippen molar-refractivity contribution in [3.63, 3.8) is 0 Å². The fraction of sp³-hybridized carbons (Fsp3) is 0.625. The van der Waals surface area contributed by atoms with Crippen LogP contribution in [0.15, 0.2) is 24.3 Å². The standard InChI is InChI=1S/C24H37N3O7/c1-15(2)12-17(14-27(31)32)21(28)26-20(24(3,4)5)22(29)25-19(23(30)34-7)13-16-8-10-18(33-6)11-9-16/h8-11,15,17,19-20H,12-14H2,1-7H3,(H,25,29)(H,26,28)/t17-,19+,20-/m1/s1. The molecule has 0 spiro atoms. The van der Waals surface area contributed by atoms with Gasteiger partial charge in [-0.15, -0.1) is 0 Å². The first-order valence-corrected chi connectivity index (χ1v) is 11.2. The largest absolute Gasteiger partial charge is 0.497 e. The number of nitrogens with one attached hydrogen (secondary N) is 2. The molecule has 1 aromatic rings. The highest BCUT2D eigenvalue weighted by Gasteiger charge is 2.37. The average molecular weight is 480 g/mol. The van der Waals surface area contributed by atoms with Crippen LogP contribution in [0.1, 0.15) is 46.6 Å². The molecule has 2 amide bonds. The zero-order chi connectivity index (χ0) is 26.1. The van der Waals surface area contributed by atoms with E-state index in [0.717, 1.165) is 5.56 Å². The third kappa shape index (κ3) is 9.36. The van der Waals surface area contributed by atoms with Crippen molar-refractivity contribution in [3.8, 4) is 5.75 Å². The molecule has 0 aromatic heterocycles. The number of nitrogens with zero attached hydrogens (tertiary/aromatic N) is 1. The molecule has 190 valence electrons. The third-order valence-corrected chi connectivity index (χ3v) is 5.31. The summed E-state index contributed by atoms with van der Waals surface area (Å²) in [6.07, 6.45) is 0.484. The van der Waals surface area contributed by atoms with Crippen LogP contribution in [-0.2, 0) is 25.5 Å². The first kappa shape index (κ1) is 28.9.